The number of benzene rings is 1. The zero-order valence-corrected chi connectivity index (χ0v) is 19.4. The molecule has 0 heterocycles. The van der Waals surface area contributed by atoms with Gasteiger partial charge >= 0.3 is 0 Å². The van der Waals surface area contributed by atoms with E-state index in [0.29, 0.717) is 30.4 Å². The fourth-order valence-corrected chi connectivity index (χ4v) is 6.95. The van der Waals surface area contributed by atoms with Gasteiger partial charge in [0.2, 0.25) is 0 Å². The maximum Gasteiger partial charge on any atom is 0.251 e. The highest BCUT2D eigenvalue weighted by atomic mass is 16.3. The molecule has 5 atom stereocenters. The van der Waals surface area contributed by atoms with Crippen LogP contribution in [0.4, 0.5) is 0 Å². The van der Waals surface area contributed by atoms with Gasteiger partial charge in [-0.2, -0.15) is 0 Å². The highest BCUT2D eigenvalue weighted by Gasteiger charge is 2.51. The van der Waals surface area contributed by atoms with Crippen LogP contribution in [-0.4, -0.2) is 35.4 Å². The van der Waals surface area contributed by atoms with Crippen molar-refractivity contribution in [1.29, 1.82) is 0 Å². The van der Waals surface area contributed by atoms with Gasteiger partial charge in [-0.15, -0.1) is 0 Å². The second-order valence-corrected chi connectivity index (χ2v) is 11.0. The topological polar surface area (TPSA) is 69.6 Å². The van der Waals surface area contributed by atoms with Crippen LogP contribution in [0.5, 0.6) is 0 Å². The Balaban J connectivity index is 1.62. The standard InChI is InChI=1S/C27H39NO3/c1-26(2)13-12-21-22(16-28-25(31)18-7-5-4-6-8-18)24(10-9-23(21)26)27(3)14-11-20(30)15-19(27)17-29/h4-8,19-20,22,24,29-30H,9-17H2,1-3H3,(H,28,31). The zero-order chi connectivity index (χ0) is 22.2. The lowest BCUT2D eigenvalue weighted by Crippen LogP contribution is -2.49. The first kappa shape index (κ1) is 22.5. The summed E-state index contributed by atoms with van der Waals surface area (Å²) in [6.07, 6.45) is 6.68. The molecule has 0 aromatic heterocycles. The third-order valence-electron chi connectivity index (χ3n) is 8.95. The van der Waals surface area contributed by atoms with E-state index in [0.717, 1.165) is 32.1 Å². The molecule has 0 bridgehead atoms. The molecule has 170 valence electrons. The SMILES string of the molecule is CC1(C)CCC2=C1CCC(C1(C)CCC(O)CC1CO)C2CNC(=O)c1ccccc1. The molecular formula is C27H39NO3. The monoisotopic (exact) mass is 425 g/mol. The average Bonchev–Trinajstić information content (AvgIpc) is 3.09. The Kier molecular flexibility index (Phi) is 6.33. The van der Waals surface area contributed by atoms with Crippen LogP contribution in [-0.2, 0) is 0 Å². The Labute approximate surface area is 187 Å². The molecule has 1 fully saturated rings. The fraction of sp³-hybridized carbons (Fsp3) is 0.667. The number of allylic oxidation sites excluding steroid dienone is 1. The predicted octanol–water partition coefficient (Wildman–Crippen LogP) is 4.72. The van der Waals surface area contributed by atoms with Crippen LogP contribution in [0.3, 0.4) is 0 Å². The minimum Gasteiger partial charge on any atom is -0.396 e. The van der Waals surface area contributed by atoms with Gasteiger partial charge < -0.3 is 15.5 Å². The van der Waals surface area contributed by atoms with Crippen molar-refractivity contribution in [3.05, 3.63) is 47.0 Å². The van der Waals surface area contributed by atoms with E-state index < -0.39 is 0 Å². The van der Waals surface area contributed by atoms with Crippen molar-refractivity contribution in [2.24, 2.45) is 28.6 Å². The number of carbonyl (C=O) groups excluding carboxylic acids is 1. The quantitative estimate of drug-likeness (QED) is 0.598. The van der Waals surface area contributed by atoms with Crippen molar-refractivity contribution in [3.8, 4) is 0 Å². The molecule has 0 aliphatic heterocycles. The molecule has 1 saturated carbocycles. The molecule has 5 unspecified atom stereocenters. The number of hydrogen-bond donors (Lipinski definition) is 3. The van der Waals surface area contributed by atoms with E-state index in [1.807, 2.05) is 30.3 Å². The van der Waals surface area contributed by atoms with Crippen molar-refractivity contribution < 1.29 is 15.0 Å². The number of rotatable bonds is 5. The van der Waals surface area contributed by atoms with Crippen LogP contribution in [0.1, 0.15) is 76.1 Å². The zero-order valence-electron chi connectivity index (χ0n) is 19.4. The van der Waals surface area contributed by atoms with Gasteiger partial charge in [0, 0.05) is 24.6 Å². The molecule has 4 heteroatoms. The van der Waals surface area contributed by atoms with Gasteiger partial charge in [0.05, 0.1) is 6.10 Å². The van der Waals surface area contributed by atoms with Crippen molar-refractivity contribution in [2.75, 3.05) is 13.2 Å². The van der Waals surface area contributed by atoms with Crippen LogP contribution in [0, 0.1) is 28.6 Å². The van der Waals surface area contributed by atoms with Crippen molar-refractivity contribution in [3.63, 3.8) is 0 Å². The van der Waals surface area contributed by atoms with Gasteiger partial charge in [0.15, 0.2) is 0 Å². The van der Waals surface area contributed by atoms with Gasteiger partial charge in [0.1, 0.15) is 0 Å². The van der Waals surface area contributed by atoms with Crippen molar-refractivity contribution in [2.45, 2.75) is 71.8 Å². The summed E-state index contributed by atoms with van der Waals surface area (Å²) in [5, 5.41) is 23.7. The van der Waals surface area contributed by atoms with E-state index in [1.54, 1.807) is 11.1 Å². The summed E-state index contributed by atoms with van der Waals surface area (Å²) in [5.41, 5.74) is 4.13. The molecular weight excluding hydrogens is 386 g/mol. The molecule has 3 aliphatic rings. The Morgan fingerprint density at radius 1 is 1.10 bits per heavy atom. The number of nitrogens with one attached hydrogen (secondary N) is 1. The van der Waals surface area contributed by atoms with Gasteiger partial charge in [-0.3, -0.25) is 4.79 Å². The molecule has 3 N–H and O–H groups in total. The van der Waals surface area contributed by atoms with E-state index in [4.69, 9.17) is 0 Å². The molecule has 1 aromatic carbocycles. The largest absolute Gasteiger partial charge is 0.396 e. The van der Waals surface area contributed by atoms with Crippen LogP contribution < -0.4 is 5.32 Å². The molecule has 0 radical (unpaired) electrons. The second-order valence-electron chi connectivity index (χ2n) is 11.0. The van der Waals surface area contributed by atoms with Crippen molar-refractivity contribution >= 4 is 5.91 Å². The third kappa shape index (κ3) is 4.21. The Morgan fingerprint density at radius 2 is 1.84 bits per heavy atom. The summed E-state index contributed by atoms with van der Waals surface area (Å²) in [5.74, 6) is 0.839. The Bertz CT molecular complexity index is 830. The van der Waals surface area contributed by atoms with Gasteiger partial charge in [-0.25, -0.2) is 0 Å². The first-order valence-corrected chi connectivity index (χ1v) is 12.1. The number of amides is 1. The molecule has 3 aliphatic carbocycles. The summed E-state index contributed by atoms with van der Waals surface area (Å²) in [6.45, 7) is 7.85. The summed E-state index contributed by atoms with van der Waals surface area (Å²) >= 11 is 0. The van der Waals surface area contributed by atoms with E-state index >= 15 is 0 Å². The van der Waals surface area contributed by atoms with E-state index in [9.17, 15) is 15.0 Å². The average molecular weight is 426 g/mol. The molecule has 4 rings (SSSR count). The van der Waals surface area contributed by atoms with E-state index in [1.165, 1.54) is 6.42 Å². The lowest BCUT2D eigenvalue weighted by atomic mass is 9.53. The number of aliphatic hydroxyl groups is 2. The molecule has 0 spiro atoms. The minimum atomic E-state index is -0.301. The molecule has 1 aromatic rings. The Hall–Kier alpha value is -1.65. The van der Waals surface area contributed by atoms with Gasteiger partial charge in [-0.1, -0.05) is 50.1 Å². The summed E-state index contributed by atoms with van der Waals surface area (Å²) in [4.78, 5) is 12.8. The molecule has 31 heavy (non-hydrogen) atoms. The Morgan fingerprint density at radius 3 is 2.55 bits per heavy atom. The normalized spacial score (nSPS) is 35.0. The lowest BCUT2D eigenvalue weighted by Gasteiger charge is -2.52. The maximum absolute atomic E-state index is 12.8. The van der Waals surface area contributed by atoms with E-state index in [2.05, 4.69) is 26.1 Å². The van der Waals surface area contributed by atoms with E-state index in [-0.39, 0.29) is 35.4 Å². The number of hydrogen-bond acceptors (Lipinski definition) is 3. The fourth-order valence-electron chi connectivity index (χ4n) is 6.95. The summed E-state index contributed by atoms with van der Waals surface area (Å²) in [7, 11) is 0. The highest BCUT2D eigenvalue weighted by molar-refractivity contribution is 5.94. The molecule has 0 saturated heterocycles. The maximum atomic E-state index is 12.8. The highest BCUT2D eigenvalue weighted by Crippen LogP contribution is 2.59. The van der Waals surface area contributed by atoms with Gasteiger partial charge in [0.25, 0.3) is 5.91 Å². The summed E-state index contributed by atoms with van der Waals surface area (Å²) in [6, 6.07) is 9.46. The summed E-state index contributed by atoms with van der Waals surface area (Å²) < 4.78 is 0. The van der Waals surface area contributed by atoms with Crippen LogP contribution in [0.15, 0.2) is 41.5 Å². The van der Waals surface area contributed by atoms with Crippen molar-refractivity contribution in [1.82, 2.24) is 5.32 Å². The lowest BCUT2D eigenvalue weighted by molar-refractivity contribution is -0.0581. The number of carbonyl (C=O) groups is 1. The smallest absolute Gasteiger partial charge is 0.251 e. The first-order valence-electron chi connectivity index (χ1n) is 12.1. The van der Waals surface area contributed by atoms with Crippen LogP contribution >= 0.6 is 0 Å². The van der Waals surface area contributed by atoms with Crippen LogP contribution in [0.2, 0.25) is 0 Å². The second kappa shape index (κ2) is 8.71. The minimum absolute atomic E-state index is 0.00717. The number of aliphatic hydroxyl groups excluding tert-OH is 2. The first-order chi connectivity index (χ1) is 14.8. The predicted molar refractivity (Wildman–Crippen MR) is 124 cm³/mol. The molecule has 1 amide bonds. The molecule has 4 nitrogen and oxygen atoms in total. The van der Waals surface area contributed by atoms with Crippen LogP contribution in [0.25, 0.3) is 0 Å². The third-order valence-corrected chi connectivity index (χ3v) is 8.95. The van der Waals surface area contributed by atoms with Gasteiger partial charge in [-0.05, 0) is 79.7 Å².